The number of benzene rings is 1. The third-order valence-electron chi connectivity index (χ3n) is 2.99. The Hall–Kier alpha value is -2.22. The maximum atomic E-state index is 4.71. The Morgan fingerprint density at radius 1 is 1.11 bits per heavy atom. The highest BCUT2D eigenvalue weighted by atomic mass is 14.7. The number of aromatic nitrogens is 1. The van der Waals surface area contributed by atoms with Gasteiger partial charge in [0.2, 0.25) is 0 Å². The molecule has 0 radical (unpaired) electrons. The number of aliphatic imine (C=N–C) groups is 1. The molecule has 2 heteroatoms. The van der Waals surface area contributed by atoms with Gasteiger partial charge in [-0.15, -0.1) is 0 Å². The lowest BCUT2D eigenvalue weighted by Crippen LogP contribution is -1.91. The van der Waals surface area contributed by atoms with E-state index in [-0.39, 0.29) is 0 Å². The average Bonchev–Trinajstić information content (AvgIpc) is 2.45. The van der Waals surface area contributed by atoms with Crippen molar-refractivity contribution < 1.29 is 0 Å². The molecule has 0 atom stereocenters. The predicted molar refractivity (Wildman–Crippen MR) is 82.2 cm³/mol. The summed E-state index contributed by atoms with van der Waals surface area (Å²) < 4.78 is 0. The van der Waals surface area contributed by atoms with E-state index in [0.29, 0.717) is 0 Å². The highest BCUT2D eigenvalue weighted by Crippen LogP contribution is 2.22. The third kappa shape index (κ3) is 3.16. The maximum Gasteiger partial charge on any atom is 0.0712 e. The minimum atomic E-state index is 0.964. The summed E-state index contributed by atoms with van der Waals surface area (Å²) in [6, 6.07) is 14.4. The van der Waals surface area contributed by atoms with Crippen molar-refractivity contribution in [1.29, 1.82) is 0 Å². The summed E-state index contributed by atoms with van der Waals surface area (Å²) in [4.78, 5) is 8.86. The van der Waals surface area contributed by atoms with E-state index in [4.69, 9.17) is 4.98 Å². The van der Waals surface area contributed by atoms with Gasteiger partial charge < -0.3 is 0 Å². The summed E-state index contributed by atoms with van der Waals surface area (Å²) in [5, 5.41) is 0. The van der Waals surface area contributed by atoms with Crippen LogP contribution >= 0.6 is 0 Å². The normalized spacial score (nSPS) is 12.1. The Balaban J connectivity index is 2.43. The number of allylic oxidation sites excluding steroid dienone is 1. The molecule has 0 bridgehead atoms. The van der Waals surface area contributed by atoms with Crippen molar-refractivity contribution >= 4 is 11.8 Å². The molecule has 1 aromatic carbocycles. The Bertz CT molecular complexity index is 625. The minimum absolute atomic E-state index is 0.964. The van der Waals surface area contributed by atoms with Gasteiger partial charge in [0, 0.05) is 18.0 Å². The molecular formula is C17H18N2. The Labute approximate surface area is 114 Å². The Kier molecular flexibility index (Phi) is 4.24. The summed E-state index contributed by atoms with van der Waals surface area (Å²) in [5.74, 6) is 0. The van der Waals surface area contributed by atoms with Crippen LogP contribution in [0.4, 0.5) is 0 Å². The van der Waals surface area contributed by atoms with Crippen LogP contribution in [0.15, 0.2) is 53.7 Å². The number of aryl methyl sites for hydroxylation is 1. The van der Waals surface area contributed by atoms with Crippen LogP contribution in [-0.2, 0) is 0 Å². The zero-order valence-electron chi connectivity index (χ0n) is 11.6. The molecule has 0 aliphatic heterocycles. The van der Waals surface area contributed by atoms with Gasteiger partial charge in [-0.25, -0.2) is 4.98 Å². The quantitative estimate of drug-likeness (QED) is 0.736. The molecule has 0 unspecified atom stereocenters. The molecule has 1 aromatic heterocycles. The van der Waals surface area contributed by atoms with Gasteiger partial charge in [0.1, 0.15) is 0 Å². The lowest BCUT2D eigenvalue weighted by Gasteiger charge is -2.07. The van der Waals surface area contributed by atoms with E-state index >= 15 is 0 Å². The molecule has 0 N–H and O–H groups in total. The summed E-state index contributed by atoms with van der Waals surface area (Å²) in [7, 11) is 0. The molecule has 2 nitrogen and oxygen atoms in total. The minimum Gasteiger partial charge on any atom is -0.269 e. The van der Waals surface area contributed by atoms with Gasteiger partial charge in [-0.1, -0.05) is 30.3 Å². The molecule has 1 heterocycles. The second kappa shape index (κ2) is 6.10. The fraction of sp³-hybridized carbons (Fsp3) is 0.176. The van der Waals surface area contributed by atoms with E-state index in [0.717, 1.165) is 17.0 Å². The highest BCUT2D eigenvalue weighted by molar-refractivity contribution is 5.68. The summed E-state index contributed by atoms with van der Waals surface area (Å²) >= 11 is 0. The van der Waals surface area contributed by atoms with Crippen LogP contribution in [0.5, 0.6) is 0 Å². The summed E-state index contributed by atoms with van der Waals surface area (Å²) in [6.45, 7) is 6.03. The van der Waals surface area contributed by atoms with Crippen LogP contribution < -0.4 is 0 Å². The molecule has 0 saturated carbocycles. The fourth-order valence-corrected chi connectivity index (χ4v) is 1.92. The van der Waals surface area contributed by atoms with Crippen LogP contribution in [0.25, 0.3) is 16.8 Å². The second-order valence-corrected chi connectivity index (χ2v) is 4.44. The van der Waals surface area contributed by atoms with Gasteiger partial charge in [-0.05, 0) is 44.0 Å². The fourth-order valence-electron chi connectivity index (χ4n) is 1.92. The molecule has 0 amide bonds. The molecule has 0 aliphatic rings. The van der Waals surface area contributed by atoms with E-state index < -0.39 is 0 Å². The number of pyridine rings is 1. The molecule has 2 rings (SSSR count). The molecule has 19 heavy (non-hydrogen) atoms. The number of hydrogen-bond donors (Lipinski definition) is 0. The zero-order valence-corrected chi connectivity index (χ0v) is 11.6. The standard InChI is InChI=1S/C17H18N2/c1-4-18-12-14(3)16-10-7-11-17(19-16)15-9-6-5-8-13(15)2/h4-12H,1-3H3/b14-12+,18-4?. The van der Waals surface area contributed by atoms with Gasteiger partial charge in [-0.2, -0.15) is 0 Å². The van der Waals surface area contributed by atoms with Crippen molar-refractivity contribution in [2.45, 2.75) is 20.8 Å². The van der Waals surface area contributed by atoms with E-state index in [1.165, 1.54) is 11.1 Å². The first-order valence-electron chi connectivity index (χ1n) is 6.40. The van der Waals surface area contributed by atoms with Crippen LogP contribution in [0.2, 0.25) is 0 Å². The van der Waals surface area contributed by atoms with Gasteiger partial charge in [-0.3, -0.25) is 4.99 Å². The summed E-state index contributed by atoms with van der Waals surface area (Å²) in [5.41, 5.74) is 5.44. The second-order valence-electron chi connectivity index (χ2n) is 4.44. The van der Waals surface area contributed by atoms with Crippen molar-refractivity contribution in [3.05, 3.63) is 59.9 Å². The largest absolute Gasteiger partial charge is 0.269 e. The number of nitrogens with zero attached hydrogens (tertiary/aromatic N) is 2. The first-order valence-corrected chi connectivity index (χ1v) is 6.40. The Morgan fingerprint density at radius 2 is 1.89 bits per heavy atom. The van der Waals surface area contributed by atoms with Gasteiger partial charge >= 0.3 is 0 Å². The molecule has 2 aromatic rings. The van der Waals surface area contributed by atoms with Crippen LogP contribution in [0.1, 0.15) is 25.1 Å². The van der Waals surface area contributed by atoms with Gasteiger partial charge in [0.05, 0.1) is 11.4 Å². The van der Waals surface area contributed by atoms with E-state index in [1.807, 2.05) is 50.4 Å². The van der Waals surface area contributed by atoms with Crippen molar-refractivity contribution in [1.82, 2.24) is 4.98 Å². The molecule has 0 fully saturated rings. The zero-order chi connectivity index (χ0) is 13.7. The first kappa shape index (κ1) is 13.2. The molecule has 0 aliphatic carbocycles. The maximum absolute atomic E-state index is 4.71. The van der Waals surface area contributed by atoms with E-state index in [9.17, 15) is 0 Å². The van der Waals surface area contributed by atoms with Crippen molar-refractivity contribution in [3.63, 3.8) is 0 Å². The van der Waals surface area contributed by atoms with E-state index in [1.54, 1.807) is 6.21 Å². The van der Waals surface area contributed by atoms with Crippen LogP contribution in [-0.4, -0.2) is 11.2 Å². The predicted octanol–water partition coefficient (Wildman–Crippen LogP) is 4.51. The van der Waals surface area contributed by atoms with Crippen LogP contribution in [0.3, 0.4) is 0 Å². The van der Waals surface area contributed by atoms with Crippen molar-refractivity contribution in [2.24, 2.45) is 4.99 Å². The SMILES string of the molecule is CC=N/C=C(\C)c1cccc(-c2ccccc2C)n1. The topological polar surface area (TPSA) is 25.2 Å². The Morgan fingerprint density at radius 3 is 2.63 bits per heavy atom. The van der Waals surface area contributed by atoms with Crippen molar-refractivity contribution in [3.8, 4) is 11.3 Å². The van der Waals surface area contributed by atoms with Crippen molar-refractivity contribution in [2.75, 3.05) is 0 Å². The highest BCUT2D eigenvalue weighted by Gasteiger charge is 2.04. The number of hydrogen-bond acceptors (Lipinski definition) is 2. The first-order chi connectivity index (χ1) is 9.22. The van der Waals surface area contributed by atoms with Crippen LogP contribution in [0, 0.1) is 6.92 Å². The summed E-state index contributed by atoms with van der Waals surface area (Å²) in [6.07, 6.45) is 3.61. The third-order valence-corrected chi connectivity index (χ3v) is 2.99. The molecule has 0 saturated heterocycles. The smallest absolute Gasteiger partial charge is 0.0712 e. The van der Waals surface area contributed by atoms with Gasteiger partial charge in [0.15, 0.2) is 0 Å². The number of rotatable bonds is 3. The van der Waals surface area contributed by atoms with Gasteiger partial charge in [0.25, 0.3) is 0 Å². The molecular weight excluding hydrogens is 232 g/mol. The monoisotopic (exact) mass is 250 g/mol. The lowest BCUT2D eigenvalue weighted by atomic mass is 10.0. The molecule has 0 spiro atoms. The lowest BCUT2D eigenvalue weighted by molar-refractivity contribution is 1.25. The van der Waals surface area contributed by atoms with E-state index in [2.05, 4.69) is 24.0 Å². The average molecular weight is 250 g/mol. The molecule has 96 valence electrons.